The third kappa shape index (κ3) is 4.97. The minimum Gasteiger partial charge on any atom is -0.302 e. The van der Waals surface area contributed by atoms with Crippen LogP contribution in [0.15, 0.2) is 18.2 Å². The summed E-state index contributed by atoms with van der Waals surface area (Å²) in [6.07, 6.45) is 0. The summed E-state index contributed by atoms with van der Waals surface area (Å²) in [5.74, 6) is -0.115. The van der Waals surface area contributed by atoms with Gasteiger partial charge < -0.3 is 4.90 Å². The lowest BCUT2D eigenvalue weighted by Gasteiger charge is -2.24. The van der Waals surface area contributed by atoms with E-state index in [0.29, 0.717) is 22.4 Å². The van der Waals surface area contributed by atoms with Gasteiger partial charge in [-0.1, -0.05) is 36.8 Å². The van der Waals surface area contributed by atoms with Crippen molar-refractivity contribution in [2.45, 2.75) is 41.2 Å². The molecule has 6 nitrogen and oxygen atoms in total. The lowest BCUT2D eigenvalue weighted by molar-refractivity contribution is 0.0978. The van der Waals surface area contributed by atoms with Crippen LogP contribution in [0, 0.1) is 13.8 Å². The standard InChI is InChI=1S/C21H28ClN5OS.ClH/c1-6-25(7-2)11-12-26(20(28)17-13-14(4)27(8-3)24-17)21-23-19-15(5)16(22)9-10-18(19)29-21;/h9-10,13H,6-8,11-12H2,1-5H3;1H. The van der Waals surface area contributed by atoms with Gasteiger partial charge in [0.25, 0.3) is 5.91 Å². The van der Waals surface area contributed by atoms with Crippen LogP contribution in [0.5, 0.6) is 0 Å². The summed E-state index contributed by atoms with van der Waals surface area (Å²) in [5, 5.41) is 5.87. The number of benzene rings is 1. The summed E-state index contributed by atoms with van der Waals surface area (Å²) in [5.41, 5.74) is 3.23. The van der Waals surface area contributed by atoms with Gasteiger partial charge in [-0.15, -0.1) is 12.4 Å². The second kappa shape index (κ2) is 10.6. The average molecular weight is 470 g/mol. The third-order valence-electron chi connectivity index (χ3n) is 5.25. The largest absolute Gasteiger partial charge is 0.302 e. The summed E-state index contributed by atoms with van der Waals surface area (Å²) in [6, 6.07) is 5.70. The van der Waals surface area contributed by atoms with E-state index in [9.17, 15) is 4.79 Å². The Morgan fingerprint density at radius 3 is 2.47 bits per heavy atom. The minimum atomic E-state index is -0.115. The number of hydrogen-bond donors (Lipinski definition) is 0. The Bertz CT molecular complexity index is 1010. The van der Waals surface area contributed by atoms with Gasteiger partial charge in [-0.05, 0) is 57.6 Å². The van der Waals surface area contributed by atoms with Crippen LogP contribution in [0.2, 0.25) is 5.02 Å². The van der Waals surface area contributed by atoms with Crippen LogP contribution in [0.25, 0.3) is 10.2 Å². The van der Waals surface area contributed by atoms with Gasteiger partial charge in [0, 0.05) is 30.4 Å². The SMILES string of the molecule is CCN(CC)CCN(C(=O)c1cc(C)n(CC)n1)c1nc2c(C)c(Cl)ccc2s1.Cl. The second-order valence-electron chi connectivity index (χ2n) is 6.99. The molecule has 2 aromatic heterocycles. The molecular formula is C21H29Cl2N5OS. The Kier molecular flexibility index (Phi) is 8.67. The summed E-state index contributed by atoms with van der Waals surface area (Å²) in [4.78, 5) is 22.3. The van der Waals surface area contributed by atoms with Crippen molar-refractivity contribution in [1.29, 1.82) is 0 Å². The van der Waals surface area contributed by atoms with E-state index in [2.05, 4.69) is 23.8 Å². The number of aromatic nitrogens is 3. The molecule has 1 amide bonds. The molecule has 9 heteroatoms. The molecule has 0 aliphatic rings. The molecule has 3 rings (SSSR count). The van der Waals surface area contributed by atoms with Crippen molar-refractivity contribution in [3.63, 3.8) is 0 Å². The Hall–Kier alpha value is -1.67. The smallest absolute Gasteiger partial charge is 0.280 e. The van der Waals surface area contributed by atoms with E-state index >= 15 is 0 Å². The van der Waals surface area contributed by atoms with Crippen molar-refractivity contribution < 1.29 is 4.79 Å². The molecule has 0 radical (unpaired) electrons. The van der Waals surface area contributed by atoms with Crippen molar-refractivity contribution in [3.8, 4) is 0 Å². The van der Waals surface area contributed by atoms with Crippen LogP contribution < -0.4 is 4.90 Å². The zero-order valence-electron chi connectivity index (χ0n) is 18.1. The number of thiazole rings is 1. The number of carbonyl (C=O) groups excluding carboxylic acids is 1. The highest BCUT2D eigenvalue weighted by atomic mass is 35.5. The average Bonchev–Trinajstić information content (AvgIpc) is 3.31. The number of halogens is 2. The molecule has 0 saturated carbocycles. The van der Waals surface area contributed by atoms with Crippen LogP contribution in [-0.2, 0) is 6.54 Å². The topological polar surface area (TPSA) is 54.3 Å². The number of nitrogens with zero attached hydrogens (tertiary/aromatic N) is 5. The van der Waals surface area contributed by atoms with Crippen molar-refractivity contribution in [2.75, 3.05) is 31.1 Å². The summed E-state index contributed by atoms with van der Waals surface area (Å²) in [6.45, 7) is 14.2. The number of fused-ring (bicyclic) bond motifs is 1. The Morgan fingerprint density at radius 1 is 1.17 bits per heavy atom. The molecule has 0 unspecified atom stereocenters. The van der Waals surface area contributed by atoms with Crippen LogP contribution in [0.3, 0.4) is 0 Å². The number of aryl methyl sites for hydroxylation is 3. The Morgan fingerprint density at radius 2 is 1.87 bits per heavy atom. The van der Waals surface area contributed by atoms with Gasteiger partial charge in [-0.25, -0.2) is 4.98 Å². The maximum absolute atomic E-state index is 13.4. The van der Waals surface area contributed by atoms with Gasteiger partial charge >= 0.3 is 0 Å². The summed E-state index contributed by atoms with van der Waals surface area (Å²) in [7, 11) is 0. The maximum atomic E-state index is 13.4. The van der Waals surface area contributed by atoms with Gasteiger partial charge in [-0.3, -0.25) is 14.4 Å². The number of anilines is 1. The molecule has 0 N–H and O–H groups in total. The first-order chi connectivity index (χ1) is 13.9. The number of hydrogen-bond acceptors (Lipinski definition) is 5. The number of rotatable bonds is 8. The van der Waals surface area contributed by atoms with E-state index in [4.69, 9.17) is 16.6 Å². The van der Waals surface area contributed by atoms with Gasteiger partial charge in [0.05, 0.1) is 10.2 Å². The van der Waals surface area contributed by atoms with E-state index in [1.54, 1.807) is 4.90 Å². The number of carbonyl (C=O) groups is 1. The van der Waals surface area contributed by atoms with E-state index < -0.39 is 0 Å². The van der Waals surface area contributed by atoms with E-state index in [1.807, 2.05) is 43.7 Å². The summed E-state index contributed by atoms with van der Waals surface area (Å²) >= 11 is 7.79. The second-order valence-corrected chi connectivity index (χ2v) is 8.40. The van der Waals surface area contributed by atoms with E-state index in [0.717, 1.165) is 47.7 Å². The number of amides is 1. The van der Waals surface area contributed by atoms with Crippen LogP contribution in [0.1, 0.15) is 42.5 Å². The van der Waals surface area contributed by atoms with E-state index in [1.165, 1.54) is 11.3 Å². The van der Waals surface area contributed by atoms with Crippen molar-refractivity contribution >= 4 is 56.6 Å². The molecule has 1 aromatic carbocycles. The quantitative estimate of drug-likeness (QED) is 0.455. The molecule has 2 heterocycles. The zero-order chi connectivity index (χ0) is 21.1. The first-order valence-corrected chi connectivity index (χ1v) is 11.2. The molecular weight excluding hydrogens is 441 g/mol. The molecule has 164 valence electrons. The highest BCUT2D eigenvalue weighted by molar-refractivity contribution is 7.22. The van der Waals surface area contributed by atoms with Crippen molar-refractivity contribution in [1.82, 2.24) is 19.7 Å². The molecule has 0 spiro atoms. The Balaban J connectivity index is 0.00000320. The van der Waals surface area contributed by atoms with Crippen LogP contribution in [0.4, 0.5) is 5.13 Å². The zero-order valence-corrected chi connectivity index (χ0v) is 20.5. The highest BCUT2D eigenvalue weighted by Crippen LogP contribution is 2.34. The summed E-state index contributed by atoms with van der Waals surface area (Å²) < 4.78 is 2.87. The van der Waals surface area contributed by atoms with Crippen LogP contribution >= 0.6 is 35.3 Å². The van der Waals surface area contributed by atoms with Gasteiger partial charge in [0.1, 0.15) is 0 Å². The lowest BCUT2D eigenvalue weighted by Crippen LogP contribution is -2.39. The van der Waals surface area contributed by atoms with E-state index in [-0.39, 0.29) is 18.3 Å². The molecule has 0 saturated heterocycles. The van der Waals surface area contributed by atoms with Gasteiger partial charge in [0.15, 0.2) is 10.8 Å². The molecule has 30 heavy (non-hydrogen) atoms. The fourth-order valence-electron chi connectivity index (χ4n) is 3.34. The lowest BCUT2D eigenvalue weighted by atomic mass is 10.2. The van der Waals surface area contributed by atoms with Gasteiger partial charge in [0.2, 0.25) is 0 Å². The van der Waals surface area contributed by atoms with Crippen molar-refractivity contribution in [2.24, 2.45) is 0 Å². The Labute approximate surface area is 193 Å². The van der Waals surface area contributed by atoms with Crippen LogP contribution in [-0.4, -0.2) is 51.8 Å². The first-order valence-electron chi connectivity index (χ1n) is 10.0. The van der Waals surface area contributed by atoms with Gasteiger partial charge in [-0.2, -0.15) is 5.10 Å². The molecule has 0 atom stereocenters. The fourth-order valence-corrected chi connectivity index (χ4v) is 4.54. The molecule has 0 aliphatic heterocycles. The molecule has 0 bridgehead atoms. The predicted octanol–water partition coefficient (Wildman–Crippen LogP) is 5.19. The highest BCUT2D eigenvalue weighted by Gasteiger charge is 2.25. The number of likely N-dealkylation sites (N-methyl/N-ethyl adjacent to an activating group) is 1. The predicted molar refractivity (Wildman–Crippen MR) is 129 cm³/mol. The first kappa shape index (κ1) is 24.6. The molecule has 0 fully saturated rings. The normalized spacial score (nSPS) is 11.2. The molecule has 0 aliphatic carbocycles. The minimum absolute atomic E-state index is 0. The maximum Gasteiger partial charge on any atom is 0.280 e. The molecule has 3 aromatic rings. The monoisotopic (exact) mass is 469 g/mol. The van der Waals surface area contributed by atoms with Crippen molar-refractivity contribution in [3.05, 3.63) is 40.2 Å². The third-order valence-corrected chi connectivity index (χ3v) is 6.70. The fraction of sp³-hybridized carbons (Fsp3) is 0.476.